The number of allylic oxidation sites excluding steroid dienone is 11. The Morgan fingerprint density at radius 1 is 0.308 bits per heavy atom. The molecule has 0 aliphatic rings. The van der Waals surface area contributed by atoms with Crippen LogP contribution in [0.3, 0.4) is 0 Å². The molecular weight excluding hydrogens is 805 g/mol. The van der Waals surface area contributed by atoms with Crippen LogP contribution < -0.4 is 0 Å². The molecule has 372 valence electrons. The molecule has 0 saturated heterocycles. The molecule has 0 saturated carbocycles. The van der Waals surface area contributed by atoms with Crippen LogP contribution in [0.4, 0.5) is 0 Å². The van der Waals surface area contributed by atoms with Gasteiger partial charge in [0.15, 0.2) is 6.10 Å². The lowest BCUT2D eigenvalue weighted by atomic mass is 10.0. The van der Waals surface area contributed by atoms with Crippen LogP contribution in [0.1, 0.15) is 252 Å². The van der Waals surface area contributed by atoms with Gasteiger partial charge in [-0.3, -0.25) is 0 Å². The number of esters is 3. The van der Waals surface area contributed by atoms with Gasteiger partial charge in [0.25, 0.3) is 0 Å². The fourth-order valence-corrected chi connectivity index (χ4v) is 7.60. The van der Waals surface area contributed by atoms with Crippen molar-refractivity contribution < 1.29 is 28.6 Å². The van der Waals surface area contributed by atoms with E-state index in [9.17, 15) is 14.4 Å². The SMILES string of the molecule is CCCCCCCCCC=CC=CC=CC=CC=CC(=O)OCC(COC(=O)C=CCCCCCCCCCCCCCCC)OC(=O)C=CCCCCCCCCCCCCCCC. The molecule has 65 heavy (non-hydrogen) atoms. The fraction of sp³-hybridized carbons (Fsp3) is 0.712. The minimum Gasteiger partial charge on any atom is -0.458 e. The van der Waals surface area contributed by atoms with Crippen LogP contribution in [0.25, 0.3) is 0 Å². The maximum Gasteiger partial charge on any atom is 0.330 e. The van der Waals surface area contributed by atoms with E-state index in [-0.39, 0.29) is 13.2 Å². The van der Waals surface area contributed by atoms with Gasteiger partial charge in [-0.25, -0.2) is 14.4 Å². The van der Waals surface area contributed by atoms with Gasteiger partial charge >= 0.3 is 17.9 Å². The van der Waals surface area contributed by atoms with Crippen LogP contribution in [0, 0.1) is 0 Å². The van der Waals surface area contributed by atoms with E-state index < -0.39 is 24.0 Å². The molecule has 0 fully saturated rings. The zero-order valence-electron chi connectivity index (χ0n) is 42.5. The Hall–Kier alpha value is -3.41. The van der Waals surface area contributed by atoms with Gasteiger partial charge in [0, 0.05) is 18.2 Å². The molecule has 0 rings (SSSR count). The van der Waals surface area contributed by atoms with Crippen molar-refractivity contribution in [3.63, 3.8) is 0 Å². The first kappa shape index (κ1) is 61.6. The highest BCUT2D eigenvalue weighted by atomic mass is 16.6. The summed E-state index contributed by atoms with van der Waals surface area (Å²) in [6, 6.07) is 0. The van der Waals surface area contributed by atoms with E-state index in [1.807, 2.05) is 42.5 Å². The van der Waals surface area contributed by atoms with Crippen LogP contribution in [0.2, 0.25) is 0 Å². The Bertz CT molecular complexity index is 1270. The van der Waals surface area contributed by atoms with Crippen molar-refractivity contribution in [1.82, 2.24) is 0 Å². The predicted octanol–water partition coefficient (Wildman–Crippen LogP) is 18.0. The Labute approximate surface area is 401 Å². The zero-order chi connectivity index (χ0) is 47.2. The Morgan fingerprint density at radius 3 is 0.954 bits per heavy atom. The van der Waals surface area contributed by atoms with Gasteiger partial charge in [0.1, 0.15) is 13.2 Å². The summed E-state index contributed by atoms with van der Waals surface area (Å²) in [7, 11) is 0. The van der Waals surface area contributed by atoms with Crippen molar-refractivity contribution in [3.8, 4) is 0 Å². The summed E-state index contributed by atoms with van der Waals surface area (Å²) in [6.07, 6.45) is 70.0. The Balaban J connectivity index is 4.65. The molecule has 0 aromatic carbocycles. The van der Waals surface area contributed by atoms with Gasteiger partial charge in [-0.15, -0.1) is 0 Å². The quantitative estimate of drug-likeness (QED) is 0.0199. The molecule has 0 amide bonds. The molecule has 6 heteroatoms. The maximum absolute atomic E-state index is 12.7. The number of carbonyl (C=O) groups excluding carboxylic acids is 3. The topological polar surface area (TPSA) is 78.9 Å². The molecule has 0 aromatic rings. The minimum atomic E-state index is -0.922. The second-order valence-corrected chi connectivity index (χ2v) is 18.0. The molecular formula is C59H100O6. The van der Waals surface area contributed by atoms with Crippen molar-refractivity contribution in [2.24, 2.45) is 0 Å². The number of hydrogen-bond acceptors (Lipinski definition) is 6. The van der Waals surface area contributed by atoms with E-state index >= 15 is 0 Å². The third kappa shape index (κ3) is 51.4. The molecule has 0 N–H and O–H groups in total. The Morgan fingerprint density at radius 2 is 0.585 bits per heavy atom. The maximum atomic E-state index is 12.7. The molecule has 0 aliphatic heterocycles. The van der Waals surface area contributed by atoms with E-state index in [2.05, 4.69) is 32.9 Å². The van der Waals surface area contributed by atoms with E-state index in [0.29, 0.717) is 0 Å². The van der Waals surface area contributed by atoms with Crippen LogP contribution in [-0.4, -0.2) is 37.2 Å². The third-order valence-corrected chi connectivity index (χ3v) is 11.7. The molecule has 0 spiro atoms. The van der Waals surface area contributed by atoms with Gasteiger partial charge in [-0.1, -0.05) is 280 Å². The summed E-state index contributed by atoms with van der Waals surface area (Å²) in [6.45, 7) is 6.35. The van der Waals surface area contributed by atoms with Crippen LogP contribution in [0.15, 0.2) is 85.1 Å². The van der Waals surface area contributed by atoms with Crippen molar-refractivity contribution >= 4 is 17.9 Å². The van der Waals surface area contributed by atoms with E-state index in [4.69, 9.17) is 14.2 Å². The van der Waals surface area contributed by atoms with E-state index in [1.54, 1.807) is 12.2 Å². The summed E-state index contributed by atoms with van der Waals surface area (Å²) in [5, 5.41) is 0. The number of hydrogen-bond donors (Lipinski definition) is 0. The first-order valence-corrected chi connectivity index (χ1v) is 27.2. The molecule has 6 nitrogen and oxygen atoms in total. The van der Waals surface area contributed by atoms with Gasteiger partial charge in [-0.05, 0) is 38.5 Å². The second kappa shape index (κ2) is 53.2. The van der Waals surface area contributed by atoms with Gasteiger partial charge in [0.05, 0.1) is 0 Å². The molecule has 0 bridgehead atoms. The standard InChI is InChI=1S/C59H100O6/c1-4-7-10-13-16-19-22-25-28-29-32-34-37-40-43-46-49-52-58(61)64-55-56(65-59(62)53-50-47-44-41-38-35-31-27-24-21-18-15-12-9-6-3)54-63-57(60)51-48-45-42-39-36-33-30-26-23-20-17-14-11-8-5-2/h28-29,32,34,37,40,43,46,48-53,56H,4-27,30-31,33,35-36,38-39,41-42,44-45,47,54-55H2,1-3H3. The van der Waals surface area contributed by atoms with Crippen LogP contribution >= 0.6 is 0 Å². The lowest BCUT2D eigenvalue weighted by Gasteiger charge is -2.16. The highest BCUT2D eigenvalue weighted by molar-refractivity contribution is 5.83. The molecule has 1 unspecified atom stereocenters. The van der Waals surface area contributed by atoms with Gasteiger partial charge in [-0.2, -0.15) is 0 Å². The average Bonchev–Trinajstić information content (AvgIpc) is 3.30. The highest BCUT2D eigenvalue weighted by Crippen LogP contribution is 2.15. The molecule has 0 radical (unpaired) electrons. The third-order valence-electron chi connectivity index (χ3n) is 11.7. The number of ether oxygens (including phenoxy) is 3. The van der Waals surface area contributed by atoms with Gasteiger partial charge < -0.3 is 14.2 Å². The molecule has 1 atom stereocenters. The van der Waals surface area contributed by atoms with Crippen molar-refractivity contribution in [2.75, 3.05) is 13.2 Å². The monoisotopic (exact) mass is 905 g/mol. The lowest BCUT2D eigenvalue weighted by Crippen LogP contribution is -2.30. The zero-order valence-corrected chi connectivity index (χ0v) is 42.5. The summed E-state index contributed by atoms with van der Waals surface area (Å²) >= 11 is 0. The molecule has 0 heterocycles. The molecule has 0 aromatic heterocycles. The lowest BCUT2D eigenvalue weighted by molar-refractivity contribution is -0.160. The summed E-state index contributed by atoms with van der Waals surface area (Å²) in [4.78, 5) is 37.7. The minimum absolute atomic E-state index is 0.204. The first-order valence-electron chi connectivity index (χ1n) is 27.2. The predicted molar refractivity (Wildman–Crippen MR) is 279 cm³/mol. The number of rotatable bonds is 48. The average molecular weight is 905 g/mol. The highest BCUT2D eigenvalue weighted by Gasteiger charge is 2.17. The summed E-state index contributed by atoms with van der Waals surface area (Å²) in [5.74, 6) is -1.62. The largest absolute Gasteiger partial charge is 0.458 e. The van der Waals surface area contributed by atoms with E-state index in [1.165, 1.54) is 204 Å². The smallest absolute Gasteiger partial charge is 0.330 e. The molecule has 0 aliphatic carbocycles. The van der Waals surface area contributed by atoms with Gasteiger partial charge in [0.2, 0.25) is 0 Å². The van der Waals surface area contributed by atoms with Crippen LogP contribution in [-0.2, 0) is 28.6 Å². The normalized spacial score (nSPS) is 12.7. The fourth-order valence-electron chi connectivity index (χ4n) is 7.60. The van der Waals surface area contributed by atoms with Crippen molar-refractivity contribution in [2.45, 2.75) is 258 Å². The van der Waals surface area contributed by atoms with Crippen molar-refractivity contribution in [1.29, 1.82) is 0 Å². The second-order valence-electron chi connectivity index (χ2n) is 18.0. The first-order chi connectivity index (χ1) is 32.0. The number of carbonyl (C=O) groups is 3. The van der Waals surface area contributed by atoms with E-state index in [0.717, 1.165) is 44.9 Å². The van der Waals surface area contributed by atoms with Crippen LogP contribution in [0.5, 0.6) is 0 Å². The summed E-state index contributed by atoms with van der Waals surface area (Å²) < 4.78 is 16.4. The summed E-state index contributed by atoms with van der Waals surface area (Å²) in [5.41, 5.74) is 0. The Kier molecular flexibility index (Phi) is 50.4. The van der Waals surface area contributed by atoms with Crippen molar-refractivity contribution in [3.05, 3.63) is 85.1 Å². The number of unbranched alkanes of at least 4 members (excludes halogenated alkanes) is 33.